The number of carbonyl (C=O) groups is 1. The van der Waals surface area contributed by atoms with E-state index in [1.807, 2.05) is 13.0 Å². The number of allylic oxidation sites excluding steroid dienone is 3. The molecule has 0 spiro atoms. The molecule has 0 fully saturated rings. The van der Waals surface area contributed by atoms with Crippen molar-refractivity contribution >= 4 is 5.97 Å². The summed E-state index contributed by atoms with van der Waals surface area (Å²) < 4.78 is 5.00. The molecule has 0 aliphatic rings. The van der Waals surface area contributed by atoms with Crippen LogP contribution in [-0.2, 0) is 9.53 Å². The van der Waals surface area contributed by atoms with Gasteiger partial charge in [0.05, 0.1) is 6.61 Å². The maximum absolute atomic E-state index is 11.0. The lowest BCUT2D eigenvalue weighted by molar-refractivity contribution is -0.138. The Morgan fingerprint density at radius 3 is 2.71 bits per heavy atom. The lowest BCUT2D eigenvalue weighted by atomic mass is 10.1. The monoisotopic (exact) mass is 196 g/mol. The number of hydrogen-bond acceptors (Lipinski definition) is 2. The first kappa shape index (κ1) is 12.9. The molecule has 0 bridgehead atoms. The fourth-order valence-corrected chi connectivity index (χ4v) is 0.858. The molecule has 2 nitrogen and oxygen atoms in total. The fourth-order valence-electron chi connectivity index (χ4n) is 0.858. The summed E-state index contributed by atoms with van der Waals surface area (Å²) in [7, 11) is 0. The van der Waals surface area contributed by atoms with Crippen molar-refractivity contribution in [1.82, 2.24) is 0 Å². The van der Waals surface area contributed by atoms with Gasteiger partial charge in [-0.05, 0) is 19.3 Å². The first-order valence-electron chi connectivity index (χ1n) is 5.16. The van der Waals surface area contributed by atoms with Crippen molar-refractivity contribution < 1.29 is 9.53 Å². The average molecular weight is 196 g/mol. The topological polar surface area (TPSA) is 26.3 Å². The van der Waals surface area contributed by atoms with E-state index in [1.54, 1.807) is 12.2 Å². The van der Waals surface area contributed by atoms with E-state index in [-0.39, 0.29) is 5.97 Å². The second-order valence-electron chi connectivity index (χ2n) is 3.35. The van der Waals surface area contributed by atoms with Crippen molar-refractivity contribution in [3.63, 3.8) is 0 Å². The summed E-state index contributed by atoms with van der Waals surface area (Å²) in [5.41, 5.74) is 0. The van der Waals surface area contributed by atoms with E-state index >= 15 is 0 Å². The van der Waals surface area contributed by atoms with Gasteiger partial charge in [0.2, 0.25) is 0 Å². The van der Waals surface area contributed by atoms with Gasteiger partial charge >= 0.3 is 5.97 Å². The van der Waals surface area contributed by atoms with Gasteiger partial charge in [0.25, 0.3) is 0 Å². The number of esters is 1. The molecule has 0 rings (SSSR count). The van der Waals surface area contributed by atoms with Gasteiger partial charge in [0, 0.05) is 6.08 Å². The predicted molar refractivity (Wildman–Crippen MR) is 59.0 cm³/mol. The number of rotatable bonds is 6. The molecule has 1 atom stereocenters. The highest BCUT2D eigenvalue weighted by molar-refractivity contribution is 5.82. The highest BCUT2D eigenvalue weighted by atomic mass is 16.5. The molecule has 0 aliphatic carbocycles. The highest BCUT2D eigenvalue weighted by Gasteiger charge is 2.00. The van der Waals surface area contributed by atoms with E-state index < -0.39 is 0 Å². The maximum Gasteiger partial charge on any atom is 0.330 e. The first-order valence-corrected chi connectivity index (χ1v) is 5.16. The van der Waals surface area contributed by atoms with Crippen molar-refractivity contribution in [2.45, 2.75) is 33.6 Å². The minimum Gasteiger partial charge on any atom is -0.463 e. The molecule has 0 aromatic heterocycles. The standard InChI is InChI=1S/C12H20O2/c1-4-6-7-8-12(13)14-10-9-11(3)5-2/h4,6-8,11H,5,9-10H2,1-3H3/b6-4+,8-7-. The zero-order chi connectivity index (χ0) is 10.8. The van der Waals surface area contributed by atoms with Crippen LogP contribution in [0, 0.1) is 5.92 Å². The van der Waals surface area contributed by atoms with Crippen LogP contribution >= 0.6 is 0 Å². The molecule has 0 aliphatic heterocycles. The van der Waals surface area contributed by atoms with Crippen LogP contribution in [0.2, 0.25) is 0 Å². The maximum atomic E-state index is 11.0. The molecule has 2 heteroatoms. The molecule has 0 radical (unpaired) electrons. The Morgan fingerprint density at radius 2 is 2.14 bits per heavy atom. The van der Waals surface area contributed by atoms with E-state index in [0.29, 0.717) is 12.5 Å². The largest absolute Gasteiger partial charge is 0.463 e. The van der Waals surface area contributed by atoms with E-state index in [4.69, 9.17) is 4.74 Å². The summed E-state index contributed by atoms with van der Waals surface area (Å²) in [6.07, 6.45) is 8.87. The van der Waals surface area contributed by atoms with Gasteiger partial charge in [-0.3, -0.25) is 0 Å². The summed E-state index contributed by atoms with van der Waals surface area (Å²) >= 11 is 0. The summed E-state index contributed by atoms with van der Waals surface area (Å²) in [5.74, 6) is 0.369. The Balaban J connectivity index is 3.54. The normalized spacial score (nSPS) is 13.6. The Morgan fingerprint density at radius 1 is 1.43 bits per heavy atom. The molecule has 0 aromatic rings. The molecule has 0 amide bonds. The predicted octanol–water partition coefficient (Wildman–Crippen LogP) is 3.10. The third-order valence-corrected chi connectivity index (χ3v) is 2.09. The molecule has 0 saturated carbocycles. The molecule has 0 N–H and O–H groups in total. The minimum absolute atomic E-state index is 0.258. The fraction of sp³-hybridized carbons (Fsp3) is 0.583. The van der Waals surface area contributed by atoms with Crippen LogP contribution in [-0.4, -0.2) is 12.6 Å². The van der Waals surface area contributed by atoms with Crippen molar-refractivity contribution in [1.29, 1.82) is 0 Å². The SMILES string of the molecule is C/C=C/C=C\C(=O)OCCC(C)CC. The number of hydrogen-bond donors (Lipinski definition) is 0. The van der Waals surface area contributed by atoms with Crippen LogP contribution < -0.4 is 0 Å². The van der Waals surface area contributed by atoms with Gasteiger partial charge in [-0.15, -0.1) is 0 Å². The lowest BCUT2D eigenvalue weighted by Gasteiger charge is -2.07. The molecular weight excluding hydrogens is 176 g/mol. The van der Waals surface area contributed by atoms with Crippen molar-refractivity contribution in [3.8, 4) is 0 Å². The first-order chi connectivity index (χ1) is 6.70. The Hall–Kier alpha value is -1.05. The van der Waals surface area contributed by atoms with E-state index in [0.717, 1.165) is 12.8 Å². The van der Waals surface area contributed by atoms with Crippen LogP contribution in [0.15, 0.2) is 24.3 Å². The molecule has 0 heterocycles. The molecule has 80 valence electrons. The van der Waals surface area contributed by atoms with Crippen LogP contribution in [0.3, 0.4) is 0 Å². The van der Waals surface area contributed by atoms with Gasteiger partial charge in [0.1, 0.15) is 0 Å². The summed E-state index contributed by atoms with van der Waals surface area (Å²) in [4.78, 5) is 11.0. The highest BCUT2D eigenvalue weighted by Crippen LogP contribution is 2.05. The smallest absolute Gasteiger partial charge is 0.330 e. The quantitative estimate of drug-likeness (QED) is 0.370. The molecular formula is C12H20O2. The summed E-state index contributed by atoms with van der Waals surface area (Å²) in [6, 6.07) is 0. The summed E-state index contributed by atoms with van der Waals surface area (Å²) in [5, 5.41) is 0. The zero-order valence-electron chi connectivity index (χ0n) is 9.32. The van der Waals surface area contributed by atoms with E-state index in [9.17, 15) is 4.79 Å². The number of carbonyl (C=O) groups excluding carboxylic acids is 1. The second-order valence-corrected chi connectivity index (χ2v) is 3.35. The van der Waals surface area contributed by atoms with Crippen molar-refractivity contribution in [2.75, 3.05) is 6.61 Å². The van der Waals surface area contributed by atoms with Gasteiger partial charge in [-0.2, -0.15) is 0 Å². The lowest BCUT2D eigenvalue weighted by Crippen LogP contribution is -2.05. The van der Waals surface area contributed by atoms with Crippen molar-refractivity contribution in [3.05, 3.63) is 24.3 Å². The van der Waals surface area contributed by atoms with Crippen LogP contribution in [0.4, 0.5) is 0 Å². The molecule has 0 saturated heterocycles. The van der Waals surface area contributed by atoms with E-state index in [2.05, 4.69) is 13.8 Å². The Kier molecular flexibility index (Phi) is 7.90. The molecule has 1 unspecified atom stereocenters. The molecule has 14 heavy (non-hydrogen) atoms. The number of ether oxygens (including phenoxy) is 1. The third-order valence-electron chi connectivity index (χ3n) is 2.09. The third kappa shape index (κ3) is 7.59. The minimum atomic E-state index is -0.258. The average Bonchev–Trinajstić information content (AvgIpc) is 2.18. The van der Waals surface area contributed by atoms with Gasteiger partial charge in [-0.25, -0.2) is 4.79 Å². The summed E-state index contributed by atoms with van der Waals surface area (Å²) in [6.45, 7) is 6.72. The second kappa shape index (κ2) is 8.54. The zero-order valence-corrected chi connectivity index (χ0v) is 9.32. The van der Waals surface area contributed by atoms with Crippen LogP contribution in [0.5, 0.6) is 0 Å². The van der Waals surface area contributed by atoms with Gasteiger partial charge in [-0.1, -0.05) is 38.5 Å². The Bertz CT molecular complexity index is 204. The van der Waals surface area contributed by atoms with Crippen molar-refractivity contribution in [2.24, 2.45) is 5.92 Å². The van der Waals surface area contributed by atoms with Crippen LogP contribution in [0.25, 0.3) is 0 Å². The molecule has 0 aromatic carbocycles. The van der Waals surface area contributed by atoms with Gasteiger partial charge < -0.3 is 4.74 Å². The van der Waals surface area contributed by atoms with Crippen LogP contribution in [0.1, 0.15) is 33.6 Å². The van der Waals surface area contributed by atoms with Gasteiger partial charge in [0.15, 0.2) is 0 Å². The van der Waals surface area contributed by atoms with E-state index in [1.165, 1.54) is 6.08 Å². The Labute approximate surface area is 86.6 Å².